The van der Waals surface area contributed by atoms with Gasteiger partial charge in [0.1, 0.15) is 5.69 Å². The van der Waals surface area contributed by atoms with Crippen LogP contribution in [0.2, 0.25) is 0 Å². The zero-order valence-electron chi connectivity index (χ0n) is 22.1. The molecule has 3 aromatic rings. The van der Waals surface area contributed by atoms with Crippen molar-refractivity contribution in [1.82, 2.24) is 23.9 Å². The van der Waals surface area contributed by atoms with E-state index in [1.54, 1.807) is 0 Å². The van der Waals surface area contributed by atoms with Crippen molar-refractivity contribution < 1.29 is 4.74 Å². The number of aromatic nitrogens is 3. The number of ether oxygens (including phenoxy) is 1. The first-order valence-electron chi connectivity index (χ1n) is 14.0. The Morgan fingerprint density at radius 3 is 2.81 bits per heavy atom. The summed E-state index contributed by atoms with van der Waals surface area (Å²) in [6.07, 6.45) is 12.7. The number of rotatable bonds is 13. The Hall–Kier alpha value is -2.55. The lowest BCUT2D eigenvalue weighted by atomic mass is 9.92. The van der Waals surface area contributed by atoms with Gasteiger partial charge in [0.15, 0.2) is 0 Å². The maximum Gasteiger partial charge on any atom is 0.253 e. The van der Waals surface area contributed by atoms with Crippen molar-refractivity contribution in [2.75, 3.05) is 51.7 Å². The first kappa shape index (κ1) is 26.1. The van der Waals surface area contributed by atoms with Gasteiger partial charge in [-0.05, 0) is 88.7 Å². The van der Waals surface area contributed by atoms with E-state index in [1.165, 1.54) is 71.7 Å². The van der Waals surface area contributed by atoms with Crippen molar-refractivity contribution in [2.45, 2.75) is 57.8 Å². The van der Waals surface area contributed by atoms with Gasteiger partial charge in [0.2, 0.25) is 0 Å². The average molecular weight is 521 g/mol. The van der Waals surface area contributed by atoms with E-state index >= 15 is 0 Å². The monoisotopic (exact) mass is 520 g/mol. The van der Waals surface area contributed by atoms with Crippen LogP contribution in [0.4, 0.5) is 5.69 Å². The lowest BCUT2D eigenvalue weighted by Gasteiger charge is -2.22. The fourth-order valence-corrected chi connectivity index (χ4v) is 5.90. The first-order valence-corrected chi connectivity index (χ1v) is 14.7. The number of anilines is 1. The van der Waals surface area contributed by atoms with Gasteiger partial charge in [-0.2, -0.15) is 4.37 Å². The Kier molecular flexibility index (Phi) is 9.38. The molecule has 37 heavy (non-hydrogen) atoms. The van der Waals surface area contributed by atoms with Gasteiger partial charge in [-0.25, -0.2) is 0 Å². The van der Waals surface area contributed by atoms with Crippen molar-refractivity contribution in [1.29, 1.82) is 0 Å². The molecule has 0 bridgehead atoms. The molecule has 1 aromatic carbocycles. The van der Waals surface area contributed by atoms with Gasteiger partial charge in [0, 0.05) is 36.4 Å². The van der Waals surface area contributed by atoms with Crippen LogP contribution in [0.5, 0.6) is 5.88 Å². The number of hydrogen-bond donors (Lipinski definition) is 2. The average Bonchev–Trinajstić information content (AvgIpc) is 3.40. The number of aryl methyl sites for hydroxylation is 1. The molecule has 2 aromatic heterocycles. The molecule has 1 aliphatic carbocycles. The highest BCUT2D eigenvalue weighted by Crippen LogP contribution is 2.33. The van der Waals surface area contributed by atoms with Crippen LogP contribution < -0.4 is 15.4 Å². The van der Waals surface area contributed by atoms with Crippen molar-refractivity contribution in [3.8, 4) is 5.88 Å². The van der Waals surface area contributed by atoms with Gasteiger partial charge in [0.25, 0.3) is 5.88 Å². The molecule has 0 unspecified atom stereocenters. The SMILES string of the molecule is CN1CCC=C(c2nsnc2OCCCNCCCCCNc2c3c(nc4ccccc24)CCCC3)C1. The highest BCUT2D eigenvalue weighted by atomic mass is 32.1. The predicted octanol–water partition coefficient (Wildman–Crippen LogP) is 5.32. The highest BCUT2D eigenvalue weighted by molar-refractivity contribution is 6.99. The molecule has 0 spiro atoms. The molecular weight excluding hydrogens is 480 g/mol. The summed E-state index contributed by atoms with van der Waals surface area (Å²) in [5, 5.41) is 8.62. The number of nitrogens with one attached hydrogen (secondary N) is 2. The smallest absolute Gasteiger partial charge is 0.253 e. The predicted molar refractivity (Wildman–Crippen MR) is 154 cm³/mol. The van der Waals surface area contributed by atoms with Crippen LogP contribution >= 0.6 is 11.7 Å². The van der Waals surface area contributed by atoms with E-state index in [0.717, 1.165) is 69.6 Å². The van der Waals surface area contributed by atoms with Crippen LogP contribution in [0.3, 0.4) is 0 Å². The summed E-state index contributed by atoms with van der Waals surface area (Å²) in [7, 11) is 2.14. The van der Waals surface area contributed by atoms with Gasteiger partial charge < -0.3 is 20.3 Å². The second kappa shape index (κ2) is 13.3. The fraction of sp³-hybridized carbons (Fsp3) is 0.552. The molecule has 0 amide bonds. The lowest BCUT2D eigenvalue weighted by Crippen LogP contribution is -2.25. The van der Waals surface area contributed by atoms with E-state index in [9.17, 15) is 0 Å². The van der Waals surface area contributed by atoms with E-state index in [0.29, 0.717) is 12.5 Å². The Bertz CT molecular complexity index is 1190. The highest BCUT2D eigenvalue weighted by Gasteiger charge is 2.19. The number of unbranched alkanes of at least 4 members (excludes halogenated alkanes) is 2. The molecule has 0 radical (unpaired) electrons. The summed E-state index contributed by atoms with van der Waals surface area (Å²) in [6.45, 7) is 5.72. The summed E-state index contributed by atoms with van der Waals surface area (Å²) >= 11 is 1.24. The van der Waals surface area contributed by atoms with E-state index in [1.807, 2.05) is 0 Å². The molecule has 2 aliphatic rings. The summed E-state index contributed by atoms with van der Waals surface area (Å²) in [5.41, 5.74) is 7.39. The largest absolute Gasteiger partial charge is 0.475 e. The number of likely N-dealkylation sites (N-methyl/N-ethyl adjacent to an activating group) is 1. The topological polar surface area (TPSA) is 75.2 Å². The number of para-hydroxylation sites is 1. The molecule has 5 rings (SSSR count). The van der Waals surface area contributed by atoms with Crippen LogP contribution in [0, 0.1) is 0 Å². The van der Waals surface area contributed by atoms with Crippen LogP contribution in [0.1, 0.15) is 61.9 Å². The second-order valence-electron chi connectivity index (χ2n) is 10.2. The standard InChI is InChI=1S/C29H40N6OS/c1-35-19-9-11-22(21-35)27-29(34-37-33-27)36-20-10-17-30-16-7-2-8-18-31-28-23-12-3-5-14-25(23)32-26-15-6-4-13-24(26)28/h3,5,11-12,14,30H,2,4,6-10,13,15-21H2,1H3,(H,31,32). The van der Waals surface area contributed by atoms with E-state index in [-0.39, 0.29) is 0 Å². The molecule has 7 nitrogen and oxygen atoms in total. The number of benzene rings is 1. The second-order valence-corrected chi connectivity index (χ2v) is 10.8. The molecule has 3 heterocycles. The van der Waals surface area contributed by atoms with Crippen molar-refractivity contribution in [2.24, 2.45) is 0 Å². The summed E-state index contributed by atoms with van der Waals surface area (Å²) in [4.78, 5) is 7.26. The fourth-order valence-electron chi connectivity index (χ4n) is 5.37. The van der Waals surface area contributed by atoms with E-state index in [4.69, 9.17) is 9.72 Å². The minimum Gasteiger partial charge on any atom is -0.475 e. The minimum atomic E-state index is 0.669. The molecule has 1 aliphatic heterocycles. The normalized spacial score (nSPS) is 16.0. The summed E-state index contributed by atoms with van der Waals surface area (Å²) < 4.78 is 14.8. The molecule has 0 saturated heterocycles. The third kappa shape index (κ3) is 6.86. The molecule has 0 fully saturated rings. The summed E-state index contributed by atoms with van der Waals surface area (Å²) in [5.74, 6) is 0.697. The summed E-state index contributed by atoms with van der Waals surface area (Å²) in [6, 6.07) is 8.58. The van der Waals surface area contributed by atoms with Gasteiger partial charge >= 0.3 is 0 Å². The molecule has 0 atom stereocenters. The van der Waals surface area contributed by atoms with Gasteiger partial charge in [-0.1, -0.05) is 30.7 Å². The molecule has 2 N–H and O–H groups in total. The zero-order valence-corrected chi connectivity index (χ0v) is 22.9. The molecule has 198 valence electrons. The number of fused-ring (bicyclic) bond motifs is 2. The van der Waals surface area contributed by atoms with E-state index < -0.39 is 0 Å². The number of pyridine rings is 1. The zero-order chi connectivity index (χ0) is 25.3. The van der Waals surface area contributed by atoms with Crippen LogP contribution in [0.25, 0.3) is 16.5 Å². The quantitative estimate of drug-likeness (QED) is 0.295. The third-order valence-electron chi connectivity index (χ3n) is 7.34. The van der Waals surface area contributed by atoms with Gasteiger partial charge in [0.05, 0.1) is 23.9 Å². The molecule has 0 saturated carbocycles. The Morgan fingerprint density at radius 1 is 1.00 bits per heavy atom. The van der Waals surface area contributed by atoms with Crippen LogP contribution in [0.15, 0.2) is 30.3 Å². The number of hydrogen-bond acceptors (Lipinski definition) is 8. The van der Waals surface area contributed by atoms with Crippen molar-refractivity contribution >= 4 is 33.9 Å². The van der Waals surface area contributed by atoms with Crippen molar-refractivity contribution in [3.63, 3.8) is 0 Å². The minimum absolute atomic E-state index is 0.669. The van der Waals surface area contributed by atoms with Gasteiger partial charge in [-0.15, -0.1) is 4.37 Å². The maximum atomic E-state index is 5.96. The molecular formula is C29H40N6OS. The van der Waals surface area contributed by atoms with Gasteiger partial charge in [-0.3, -0.25) is 4.98 Å². The Morgan fingerprint density at radius 2 is 1.86 bits per heavy atom. The third-order valence-corrected chi connectivity index (χ3v) is 7.85. The Labute approximate surface area is 225 Å². The van der Waals surface area contributed by atoms with Crippen LogP contribution in [-0.2, 0) is 12.8 Å². The van der Waals surface area contributed by atoms with Crippen LogP contribution in [-0.4, -0.2) is 65.0 Å². The maximum absolute atomic E-state index is 5.96. The molecule has 8 heteroatoms. The Balaban J connectivity index is 0.962. The van der Waals surface area contributed by atoms with Crippen molar-refractivity contribution in [3.05, 3.63) is 47.3 Å². The first-order chi connectivity index (χ1) is 18.3. The van der Waals surface area contributed by atoms with E-state index in [2.05, 4.69) is 61.7 Å². The number of nitrogens with zero attached hydrogens (tertiary/aromatic N) is 4. The lowest BCUT2D eigenvalue weighted by molar-refractivity contribution is 0.297.